The Morgan fingerprint density at radius 1 is 1.44 bits per heavy atom. The minimum Gasteiger partial charge on any atom is -0.384 e. The molecule has 1 unspecified atom stereocenters. The largest absolute Gasteiger partial charge is 0.384 e. The van der Waals surface area contributed by atoms with E-state index in [-0.39, 0.29) is 0 Å². The van der Waals surface area contributed by atoms with Crippen LogP contribution in [0.15, 0.2) is 18.2 Å². The van der Waals surface area contributed by atoms with Crippen LogP contribution in [0.3, 0.4) is 0 Å². The zero-order valence-corrected chi connectivity index (χ0v) is 10.9. The summed E-state index contributed by atoms with van der Waals surface area (Å²) in [6.07, 6.45) is 5.04. The maximum Gasteiger partial charge on any atom is 0.101 e. The standard InChI is InChI=1S/C15H20N2O/c1-12-5-6-15(13(10-12)11-16)17-8-7-14-4-2-3-9-18-14/h5-6,10,14,17H,2-4,7-9H2,1H3. The zero-order chi connectivity index (χ0) is 12.8. The Kier molecular flexibility index (Phi) is 4.60. The van der Waals surface area contributed by atoms with Crippen molar-refractivity contribution < 1.29 is 4.74 Å². The zero-order valence-electron chi connectivity index (χ0n) is 10.9. The van der Waals surface area contributed by atoms with Crippen LogP contribution in [0, 0.1) is 18.3 Å². The van der Waals surface area contributed by atoms with Crippen LogP contribution in [0.4, 0.5) is 5.69 Å². The molecule has 0 radical (unpaired) electrons. The Morgan fingerprint density at radius 2 is 2.33 bits per heavy atom. The van der Waals surface area contributed by atoms with Gasteiger partial charge in [0.1, 0.15) is 6.07 Å². The molecule has 0 spiro atoms. The molecule has 1 aliphatic rings. The van der Waals surface area contributed by atoms with Gasteiger partial charge in [-0.3, -0.25) is 0 Å². The number of hydrogen-bond donors (Lipinski definition) is 1. The number of hydrogen-bond acceptors (Lipinski definition) is 3. The van der Waals surface area contributed by atoms with Crippen LogP contribution in [0.25, 0.3) is 0 Å². The maximum atomic E-state index is 9.08. The molecular formula is C15H20N2O. The quantitative estimate of drug-likeness (QED) is 0.884. The minimum atomic E-state index is 0.391. The van der Waals surface area contributed by atoms with Gasteiger partial charge in [0.2, 0.25) is 0 Å². The molecule has 0 aliphatic carbocycles. The van der Waals surface area contributed by atoms with Crippen LogP contribution in [0.1, 0.15) is 36.8 Å². The Hall–Kier alpha value is -1.53. The van der Waals surface area contributed by atoms with Gasteiger partial charge in [-0.25, -0.2) is 0 Å². The van der Waals surface area contributed by atoms with E-state index >= 15 is 0 Å². The van der Waals surface area contributed by atoms with E-state index in [1.807, 2.05) is 25.1 Å². The molecule has 0 saturated carbocycles. The van der Waals surface area contributed by atoms with E-state index in [0.29, 0.717) is 6.10 Å². The first-order valence-corrected chi connectivity index (χ1v) is 6.66. The third kappa shape index (κ3) is 3.48. The average Bonchev–Trinajstić information content (AvgIpc) is 2.41. The fourth-order valence-electron chi connectivity index (χ4n) is 2.31. The van der Waals surface area contributed by atoms with E-state index < -0.39 is 0 Å². The van der Waals surface area contributed by atoms with E-state index in [9.17, 15) is 0 Å². The van der Waals surface area contributed by atoms with Crippen molar-refractivity contribution in [1.82, 2.24) is 0 Å². The van der Waals surface area contributed by atoms with Gasteiger partial charge >= 0.3 is 0 Å². The van der Waals surface area contributed by atoms with Crippen molar-refractivity contribution in [1.29, 1.82) is 5.26 Å². The van der Waals surface area contributed by atoms with Gasteiger partial charge in [0.15, 0.2) is 0 Å². The summed E-state index contributed by atoms with van der Waals surface area (Å²) in [5, 5.41) is 12.4. The van der Waals surface area contributed by atoms with Gasteiger partial charge < -0.3 is 10.1 Å². The van der Waals surface area contributed by atoms with Crippen molar-refractivity contribution >= 4 is 5.69 Å². The summed E-state index contributed by atoms with van der Waals surface area (Å²) >= 11 is 0. The fraction of sp³-hybridized carbons (Fsp3) is 0.533. The molecule has 0 amide bonds. The van der Waals surface area contributed by atoms with E-state index in [4.69, 9.17) is 10.00 Å². The van der Waals surface area contributed by atoms with Gasteiger partial charge in [-0.1, -0.05) is 6.07 Å². The van der Waals surface area contributed by atoms with Crippen molar-refractivity contribution in [2.75, 3.05) is 18.5 Å². The molecule has 18 heavy (non-hydrogen) atoms. The number of rotatable bonds is 4. The second-order valence-electron chi connectivity index (χ2n) is 4.86. The van der Waals surface area contributed by atoms with Crippen LogP contribution in [0.2, 0.25) is 0 Å². The number of nitrogens with one attached hydrogen (secondary N) is 1. The third-order valence-electron chi connectivity index (χ3n) is 3.35. The van der Waals surface area contributed by atoms with Crippen molar-refractivity contribution in [3.05, 3.63) is 29.3 Å². The highest BCUT2D eigenvalue weighted by molar-refractivity contribution is 5.58. The van der Waals surface area contributed by atoms with Gasteiger partial charge in [-0.2, -0.15) is 5.26 Å². The molecule has 1 aromatic carbocycles. The lowest BCUT2D eigenvalue weighted by molar-refractivity contribution is 0.0134. The highest BCUT2D eigenvalue weighted by Crippen LogP contribution is 2.18. The molecule has 0 bridgehead atoms. The topological polar surface area (TPSA) is 45.0 Å². The van der Waals surface area contributed by atoms with E-state index in [2.05, 4.69) is 11.4 Å². The Bertz CT molecular complexity index is 431. The van der Waals surface area contributed by atoms with Crippen LogP contribution < -0.4 is 5.32 Å². The molecule has 1 aromatic rings. The van der Waals surface area contributed by atoms with Crippen LogP contribution in [-0.2, 0) is 4.74 Å². The minimum absolute atomic E-state index is 0.391. The highest BCUT2D eigenvalue weighted by atomic mass is 16.5. The summed E-state index contributed by atoms with van der Waals surface area (Å²) in [4.78, 5) is 0. The molecule has 1 saturated heterocycles. The molecule has 1 fully saturated rings. The lowest BCUT2D eigenvalue weighted by atomic mass is 10.1. The second kappa shape index (κ2) is 6.42. The van der Waals surface area contributed by atoms with E-state index in [1.54, 1.807) is 0 Å². The van der Waals surface area contributed by atoms with Gasteiger partial charge in [0, 0.05) is 13.2 Å². The molecule has 3 heteroatoms. The van der Waals surface area contributed by atoms with Gasteiger partial charge in [-0.15, -0.1) is 0 Å². The van der Waals surface area contributed by atoms with Crippen LogP contribution in [0.5, 0.6) is 0 Å². The number of benzene rings is 1. The first-order chi connectivity index (χ1) is 8.79. The van der Waals surface area contributed by atoms with Crippen molar-refractivity contribution in [3.63, 3.8) is 0 Å². The molecule has 1 aliphatic heterocycles. The molecule has 3 nitrogen and oxygen atoms in total. The normalized spacial score (nSPS) is 19.2. The third-order valence-corrected chi connectivity index (χ3v) is 3.35. The summed E-state index contributed by atoms with van der Waals surface area (Å²) in [5.41, 5.74) is 2.77. The summed E-state index contributed by atoms with van der Waals surface area (Å²) < 4.78 is 5.69. The second-order valence-corrected chi connectivity index (χ2v) is 4.86. The predicted molar refractivity (Wildman–Crippen MR) is 72.6 cm³/mol. The van der Waals surface area contributed by atoms with Gasteiger partial charge in [0.05, 0.1) is 17.4 Å². The van der Waals surface area contributed by atoms with Gasteiger partial charge in [-0.05, 0) is 50.3 Å². The van der Waals surface area contributed by atoms with Crippen molar-refractivity contribution in [2.45, 2.75) is 38.7 Å². The monoisotopic (exact) mass is 244 g/mol. The molecule has 2 rings (SSSR count). The Labute approximate surface area is 109 Å². The number of nitrogens with zero attached hydrogens (tertiary/aromatic N) is 1. The Morgan fingerprint density at radius 3 is 3.06 bits per heavy atom. The van der Waals surface area contributed by atoms with Crippen molar-refractivity contribution in [3.8, 4) is 6.07 Å². The summed E-state index contributed by atoms with van der Waals surface area (Å²) in [7, 11) is 0. The SMILES string of the molecule is Cc1ccc(NCCC2CCCCO2)c(C#N)c1. The summed E-state index contributed by atoms with van der Waals surface area (Å²) in [6, 6.07) is 8.16. The lowest BCUT2D eigenvalue weighted by Crippen LogP contribution is -2.22. The Balaban J connectivity index is 1.84. The summed E-state index contributed by atoms with van der Waals surface area (Å²) in [6.45, 7) is 3.77. The first kappa shape index (κ1) is 12.9. The number of aryl methyl sites for hydroxylation is 1. The smallest absolute Gasteiger partial charge is 0.101 e. The molecule has 1 atom stereocenters. The molecule has 1 N–H and O–H groups in total. The maximum absolute atomic E-state index is 9.08. The summed E-state index contributed by atoms with van der Waals surface area (Å²) in [5.74, 6) is 0. The lowest BCUT2D eigenvalue weighted by Gasteiger charge is -2.22. The van der Waals surface area contributed by atoms with Gasteiger partial charge in [0.25, 0.3) is 0 Å². The highest BCUT2D eigenvalue weighted by Gasteiger charge is 2.13. The molecule has 0 aromatic heterocycles. The fourth-order valence-corrected chi connectivity index (χ4v) is 2.31. The van der Waals surface area contributed by atoms with Crippen molar-refractivity contribution in [2.24, 2.45) is 0 Å². The first-order valence-electron chi connectivity index (χ1n) is 6.66. The average molecular weight is 244 g/mol. The van der Waals surface area contributed by atoms with E-state index in [1.165, 1.54) is 19.3 Å². The predicted octanol–water partition coefficient (Wildman–Crippen LogP) is 3.24. The van der Waals surface area contributed by atoms with E-state index in [0.717, 1.165) is 36.4 Å². The number of ether oxygens (including phenoxy) is 1. The molecule has 1 heterocycles. The molecule has 96 valence electrons. The van der Waals surface area contributed by atoms with Crippen LogP contribution >= 0.6 is 0 Å². The number of nitriles is 1. The number of anilines is 1. The van der Waals surface area contributed by atoms with Crippen LogP contribution in [-0.4, -0.2) is 19.3 Å². The molecular weight excluding hydrogens is 224 g/mol.